The van der Waals surface area contributed by atoms with Gasteiger partial charge in [0.05, 0.1) is 22.5 Å². The van der Waals surface area contributed by atoms with Gasteiger partial charge in [0.25, 0.3) is 5.91 Å². The second-order valence-corrected chi connectivity index (χ2v) is 6.62. The summed E-state index contributed by atoms with van der Waals surface area (Å²) in [4.78, 5) is 17.0. The van der Waals surface area contributed by atoms with Gasteiger partial charge in [-0.25, -0.2) is 4.68 Å². The third kappa shape index (κ3) is 3.94. The van der Waals surface area contributed by atoms with Crippen molar-refractivity contribution >= 4 is 17.5 Å². The molecule has 2 heterocycles. The quantitative estimate of drug-likeness (QED) is 0.528. The molecule has 0 bridgehead atoms. The summed E-state index contributed by atoms with van der Waals surface area (Å²) in [6.07, 6.45) is 5.05. The van der Waals surface area contributed by atoms with E-state index in [9.17, 15) is 4.79 Å². The predicted molar refractivity (Wildman–Crippen MR) is 108 cm³/mol. The summed E-state index contributed by atoms with van der Waals surface area (Å²) in [5.41, 5.74) is 2.83. The molecule has 1 amide bonds. The van der Waals surface area contributed by atoms with Crippen LogP contribution in [0.1, 0.15) is 15.9 Å². The Kier molecular flexibility index (Phi) is 5.17. The first-order valence-electron chi connectivity index (χ1n) is 8.79. The predicted octanol–water partition coefficient (Wildman–Crippen LogP) is 4.12. The van der Waals surface area contributed by atoms with Crippen LogP contribution in [-0.4, -0.2) is 20.3 Å². The lowest BCUT2D eigenvalue weighted by atomic mass is 10.2. The number of rotatable bonds is 4. The molecule has 0 saturated heterocycles. The third-order valence-corrected chi connectivity index (χ3v) is 4.58. The Morgan fingerprint density at radius 1 is 0.964 bits per heavy atom. The second-order valence-electron chi connectivity index (χ2n) is 6.21. The van der Waals surface area contributed by atoms with E-state index in [2.05, 4.69) is 10.1 Å². The Morgan fingerprint density at radius 2 is 1.71 bits per heavy atom. The summed E-state index contributed by atoms with van der Waals surface area (Å²) in [5, 5.41) is 4.81. The van der Waals surface area contributed by atoms with Gasteiger partial charge < -0.3 is 4.57 Å². The van der Waals surface area contributed by atoms with Crippen LogP contribution in [0.3, 0.4) is 0 Å². The van der Waals surface area contributed by atoms with Gasteiger partial charge in [0, 0.05) is 18.9 Å². The van der Waals surface area contributed by atoms with E-state index < -0.39 is 0 Å². The van der Waals surface area contributed by atoms with E-state index >= 15 is 0 Å². The van der Waals surface area contributed by atoms with Crippen molar-refractivity contribution in [3.63, 3.8) is 0 Å². The molecule has 4 rings (SSSR count). The number of benzene rings is 2. The summed E-state index contributed by atoms with van der Waals surface area (Å²) in [7, 11) is 0. The first-order chi connectivity index (χ1) is 13.7. The topological polar surface area (TPSA) is 52.2 Å². The number of nitrogens with zero attached hydrogens (tertiary/aromatic N) is 4. The van der Waals surface area contributed by atoms with Crippen LogP contribution in [0.15, 0.2) is 96.4 Å². The smallest absolute Gasteiger partial charge is 0.282 e. The highest BCUT2D eigenvalue weighted by molar-refractivity contribution is 6.32. The number of hydrogen-bond acceptors (Lipinski definition) is 2. The van der Waals surface area contributed by atoms with Gasteiger partial charge in [-0.2, -0.15) is 10.1 Å². The number of carbonyl (C=O) groups excluding carboxylic acids is 1. The molecule has 28 heavy (non-hydrogen) atoms. The van der Waals surface area contributed by atoms with E-state index in [0.717, 1.165) is 5.56 Å². The zero-order chi connectivity index (χ0) is 19.3. The Morgan fingerprint density at radius 3 is 2.54 bits per heavy atom. The molecule has 138 valence electrons. The van der Waals surface area contributed by atoms with Crippen LogP contribution >= 0.6 is 11.6 Å². The lowest BCUT2D eigenvalue weighted by Crippen LogP contribution is -2.22. The molecule has 0 atom stereocenters. The van der Waals surface area contributed by atoms with E-state index in [-0.39, 0.29) is 5.91 Å². The third-order valence-electron chi connectivity index (χ3n) is 4.26. The van der Waals surface area contributed by atoms with Crippen molar-refractivity contribution in [1.29, 1.82) is 0 Å². The number of para-hydroxylation sites is 1. The zero-order valence-electron chi connectivity index (χ0n) is 14.9. The minimum atomic E-state index is -0.355. The largest absolute Gasteiger partial charge is 0.328 e. The average molecular weight is 389 g/mol. The molecule has 2 aromatic heterocycles. The maximum Gasteiger partial charge on any atom is 0.282 e. The maximum atomic E-state index is 12.7. The number of halogens is 1. The molecule has 0 aliphatic carbocycles. The highest BCUT2D eigenvalue weighted by atomic mass is 35.5. The van der Waals surface area contributed by atoms with E-state index in [1.165, 1.54) is 6.20 Å². The van der Waals surface area contributed by atoms with Crippen LogP contribution in [0.5, 0.6) is 0 Å². The Balaban J connectivity index is 1.64. The number of amides is 1. The SMILES string of the molecule is O=C(N=c1ccccn1Cc1ccccc1)c1cnn(-c2ccccc2Cl)c1. The van der Waals surface area contributed by atoms with Crippen molar-refractivity contribution < 1.29 is 4.79 Å². The van der Waals surface area contributed by atoms with E-state index in [1.807, 2.05) is 77.5 Å². The molecular formula is C22H17ClN4O. The van der Waals surface area contributed by atoms with Gasteiger partial charge in [-0.15, -0.1) is 0 Å². The first kappa shape index (κ1) is 17.9. The molecule has 6 heteroatoms. The normalized spacial score (nSPS) is 11.5. The van der Waals surface area contributed by atoms with Crippen LogP contribution < -0.4 is 5.49 Å². The molecular weight excluding hydrogens is 372 g/mol. The Labute approximate surface area is 167 Å². The van der Waals surface area contributed by atoms with Gasteiger partial charge in [-0.3, -0.25) is 4.79 Å². The van der Waals surface area contributed by atoms with Crippen molar-refractivity contribution in [3.8, 4) is 5.69 Å². The summed E-state index contributed by atoms with van der Waals surface area (Å²) in [6, 6.07) is 23.0. The number of hydrogen-bond donors (Lipinski definition) is 0. The van der Waals surface area contributed by atoms with Crippen LogP contribution in [0.4, 0.5) is 0 Å². The van der Waals surface area contributed by atoms with Crippen LogP contribution in [0, 0.1) is 0 Å². The molecule has 0 fully saturated rings. The van der Waals surface area contributed by atoms with E-state index in [1.54, 1.807) is 16.9 Å². The fraction of sp³-hybridized carbons (Fsp3) is 0.0455. The molecule has 0 N–H and O–H groups in total. The summed E-state index contributed by atoms with van der Waals surface area (Å²) in [5.74, 6) is -0.355. The van der Waals surface area contributed by atoms with Crippen LogP contribution in [0.2, 0.25) is 5.02 Å². The van der Waals surface area contributed by atoms with E-state index in [4.69, 9.17) is 11.6 Å². The first-order valence-corrected chi connectivity index (χ1v) is 9.16. The van der Waals surface area contributed by atoms with Gasteiger partial charge in [-0.05, 0) is 29.8 Å². The fourth-order valence-electron chi connectivity index (χ4n) is 2.85. The Hall–Kier alpha value is -3.44. The van der Waals surface area contributed by atoms with Crippen molar-refractivity contribution in [1.82, 2.24) is 14.3 Å². The molecule has 0 aliphatic heterocycles. The van der Waals surface area contributed by atoms with Gasteiger partial charge in [-0.1, -0.05) is 60.1 Å². The highest BCUT2D eigenvalue weighted by Crippen LogP contribution is 2.19. The minimum absolute atomic E-state index is 0.355. The van der Waals surface area contributed by atoms with Crippen molar-refractivity contribution in [2.75, 3.05) is 0 Å². The van der Waals surface area contributed by atoms with Crippen LogP contribution in [-0.2, 0) is 6.54 Å². The number of aromatic nitrogens is 3. The molecule has 0 unspecified atom stereocenters. The second kappa shape index (κ2) is 8.06. The standard InChI is InChI=1S/C22H17ClN4O/c23-19-10-4-5-11-20(19)27-16-18(14-24-27)22(28)25-21-12-6-7-13-26(21)15-17-8-2-1-3-9-17/h1-14,16H,15H2. The molecule has 0 saturated carbocycles. The number of pyridine rings is 1. The lowest BCUT2D eigenvalue weighted by molar-refractivity contribution is 0.0997. The molecule has 0 spiro atoms. The van der Waals surface area contributed by atoms with Crippen LogP contribution in [0.25, 0.3) is 5.69 Å². The van der Waals surface area contributed by atoms with Crippen molar-refractivity contribution in [2.45, 2.75) is 6.54 Å². The summed E-state index contributed by atoms with van der Waals surface area (Å²) < 4.78 is 3.51. The fourth-order valence-corrected chi connectivity index (χ4v) is 3.08. The number of carbonyl (C=O) groups is 1. The minimum Gasteiger partial charge on any atom is -0.328 e. The monoisotopic (exact) mass is 388 g/mol. The molecule has 0 aliphatic rings. The Bertz CT molecular complexity index is 1180. The molecule has 4 aromatic rings. The van der Waals surface area contributed by atoms with Gasteiger partial charge in [0.2, 0.25) is 0 Å². The summed E-state index contributed by atoms with van der Waals surface area (Å²) >= 11 is 6.20. The van der Waals surface area contributed by atoms with Gasteiger partial charge in [0.15, 0.2) is 0 Å². The van der Waals surface area contributed by atoms with Crippen molar-refractivity contribution in [2.24, 2.45) is 4.99 Å². The zero-order valence-corrected chi connectivity index (χ0v) is 15.7. The maximum absolute atomic E-state index is 12.7. The van der Waals surface area contributed by atoms with Gasteiger partial charge >= 0.3 is 0 Å². The summed E-state index contributed by atoms with van der Waals surface area (Å²) in [6.45, 7) is 0.632. The van der Waals surface area contributed by atoms with Crippen molar-refractivity contribution in [3.05, 3.63) is 113 Å². The molecule has 5 nitrogen and oxygen atoms in total. The lowest BCUT2D eigenvalue weighted by Gasteiger charge is -2.07. The van der Waals surface area contributed by atoms with Gasteiger partial charge in [0.1, 0.15) is 5.49 Å². The highest BCUT2D eigenvalue weighted by Gasteiger charge is 2.10. The average Bonchev–Trinajstić information content (AvgIpc) is 3.21. The molecule has 0 radical (unpaired) electrons. The van der Waals surface area contributed by atoms with E-state index in [0.29, 0.717) is 28.3 Å². The molecule has 2 aromatic carbocycles.